The molecule has 0 aromatic heterocycles. The Bertz CT molecular complexity index is 125. The van der Waals surface area contributed by atoms with Crippen molar-refractivity contribution in [1.82, 2.24) is 0 Å². The van der Waals surface area contributed by atoms with Crippen molar-refractivity contribution in [3.63, 3.8) is 0 Å². The summed E-state index contributed by atoms with van der Waals surface area (Å²) in [4.78, 5) is 0. The molecule has 1 fully saturated rings. The predicted octanol–water partition coefficient (Wildman–Crippen LogP) is 4.02. The highest BCUT2D eigenvalue weighted by Crippen LogP contribution is 2.30. The molecular formula is C13H26O. The largest absolute Gasteiger partial charge is 0.381 e. The van der Waals surface area contributed by atoms with Gasteiger partial charge in [-0.25, -0.2) is 0 Å². The SMILES string of the molecule is CCCCOCCC1CCC(C)CC1. The average molecular weight is 198 g/mol. The molecule has 0 saturated heterocycles. The lowest BCUT2D eigenvalue weighted by molar-refractivity contribution is 0.108. The molecule has 1 heteroatoms. The first-order chi connectivity index (χ1) is 6.83. The fourth-order valence-corrected chi connectivity index (χ4v) is 2.22. The summed E-state index contributed by atoms with van der Waals surface area (Å²) in [6, 6.07) is 0. The first-order valence-corrected chi connectivity index (χ1v) is 6.40. The van der Waals surface area contributed by atoms with Crippen LogP contribution >= 0.6 is 0 Å². The van der Waals surface area contributed by atoms with Crippen LogP contribution in [0.15, 0.2) is 0 Å². The summed E-state index contributed by atoms with van der Waals surface area (Å²) < 4.78 is 5.60. The van der Waals surface area contributed by atoms with E-state index in [1.165, 1.54) is 44.9 Å². The minimum absolute atomic E-state index is 0.966. The molecule has 0 aromatic rings. The van der Waals surface area contributed by atoms with Crippen molar-refractivity contribution in [3.05, 3.63) is 0 Å². The third-order valence-electron chi connectivity index (χ3n) is 3.45. The summed E-state index contributed by atoms with van der Waals surface area (Å²) in [5.74, 6) is 1.94. The van der Waals surface area contributed by atoms with E-state index in [9.17, 15) is 0 Å². The van der Waals surface area contributed by atoms with Crippen LogP contribution in [0.25, 0.3) is 0 Å². The highest BCUT2D eigenvalue weighted by Gasteiger charge is 2.17. The zero-order valence-corrected chi connectivity index (χ0v) is 9.93. The van der Waals surface area contributed by atoms with Gasteiger partial charge in [0.2, 0.25) is 0 Å². The lowest BCUT2D eigenvalue weighted by Gasteiger charge is -2.25. The Hall–Kier alpha value is -0.0400. The van der Waals surface area contributed by atoms with Gasteiger partial charge in [-0.3, -0.25) is 0 Å². The minimum atomic E-state index is 0.966. The fourth-order valence-electron chi connectivity index (χ4n) is 2.22. The van der Waals surface area contributed by atoms with Crippen LogP contribution in [0.3, 0.4) is 0 Å². The van der Waals surface area contributed by atoms with Crippen molar-refractivity contribution >= 4 is 0 Å². The molecule has 0 unspecified atom stereocenters. The second-order valence-electron chi connectivity index (χ2n) is 4.88. The molecule has 0 aliphatic heterocycles. The Kier molecular flexibility index (Phi) is 6.25. The summed E-state index contributed by atoms with van der Waals surface area (Å²) in [6.07, 6.45) is 9.55. The predicted molar refractivity (Wildman–Crippen MR) is 61.5 cm³/mol. The molecule has 0 bridgehead atoms. The van der Waals surface area contributed by atoms with E-state index in [-0.39, 0.29) is 0 Å². The van der Waals surface area contributed by atoms with Gasteiger partial charge in [0.1, 0.15) is 0 Å². The number of ether oxygens (including phenoxy) is 1. The standard InChI is InChI=1S/C13H26O/c1-3-4-10-14-11-9-13-7-5-12(2)6-8-13/h12-13H,3-11H2,1-2H3. The van der Waals surface area contributed by atoms with Crippen LogP contribution in [0.2, 0.25) is 0 Å². The highest BCUT2D eigenvalue weighted by atomic mass is 16.5. The zero-order valence-electron chi connectivity index (χ0n) is 9.93. The second kappa shape index (κ2) is 7.28. The van der Waals surface area contributed by atoms with E-state index in [1.54, 1.807) is 0 Å². The number of hydrogen-bond acceptors (Lipinski definition) is 1. The van der Waals surface area contributed by atoms with Crippen molar-refractivity contribution < 1.29 is 4.74 Å². The van der Waals surface area contributed by atoms with Gasteiger partial charge in [-0.05, 0) is 24.7 Å². The summed E-state index contributed by atoms with van der Waals surface area (Å²) in [5, 5.41) is 0. The van der Waals surface area contributed by atoms with Gasteiger partial charge >= 0.3 is 0 Å². The molecule has 0 amide bonds. The van der Waals surface area contributed by atoms with Crippen LogP contribution in [-0.4, -0.2) is 13.2 Å². The molecule has 1 saturated carbocycles. The van der Waals surface area contributed by atoms with E-state index >= 15 is 0 Å². The van der Waals surface area contributed by atoms with Crippen molar-refractivity contribution in [1.29, 1.82) is 0 Å². The van der Waals surface area contributed by atoms with E-state index < -0.39 is 0 Å². The quantitative estimate of drug-likeness (QED) is 0.586. The van der Waals surface area contributed by atoms with Crippen LogP contribution < -0.4 is 0 Å². The monoisotopic (exact) mass is 198 g/mol. The molecule has 0 N–H and O–H groups in total. The maximum absolute atomic E-state index is 5.60. The summed E-state index contributed by atoms with van der Waals surface area (Å²) in [5.41, 5.74) is 0. The van der Waals surface area contributed by atoms with Gasteiger partial charge < -0.3 is 4.74 Å². The molecule has 1 rings (SSSR count). The molecule has 0 radical (unpaired) electrons. The molecule has 1 aliphatic carbocycles. The van der Waals surface area contributed by atoms with Gasteiger partial charge in [0.05, 0.1) is 0 Å². The molecule has 0 spiro atoms. The third kappa shape index (κ3) is 4.99. The Morgan fingerprint density at radius 2 is 1.79 bits per heavy atom. The van der Waals surface area contributed by atoms with E-state index in [0.717, 1.165) is 25.0 Å². The highest BCUT2D eigenvalue weighted by molar-refractivity contribution is 4.69. The van der Waals surface area contributed by atoms with Crippen LogP contribution in [0.1, 0.15) is 58.8 Å². The van der Waals surface area contributed by atoms with Gasteiger partial charge in [-0.1, -0.05) is 46.0 Å². The smallest absolute Gasteiger partial charge is 0.0468 e. The van der Waals surface area contributed by atoms with E-state index in [4.69, 9.17) is 4.74 Å². The lowest BCUT2D eigenvalue weighted by Crippen LogP contribution is -2.14. The normalized spacial score (nSPS) is 27.9. The van der Waals surface area contributed by atoms with E-state index in [1.807, 2.05) is 0 Å². The molecular weight excluding hydrogens is 172 g/mol. The molecule has 14 heavy (non-hydrogen) atoms. The first kappa shape index (κ1) is 12.0. The molecule has 0 heterocycles. The Morgan fingerprint density at radius 3 is 2.43 bits per heavy atom. The number of unbranched alkanes of at least 4 members (excludes halogenated alkanes) is 1. The molecule has 84 valence electrons. The number of hydrogen-bond donors (Lipinski definition) is 0. The van der Waals surface area contributed by atoms with Crippen LogP contribution in [0.4, 0.5) is 0 Å². The molecule has 0 aromatic carbocycles. The van der Waals surface area contributed by atoms with Crippen molar-refractivity contribution in [2.24, 2.45) is 11.8 Å². The van der Waals surface area contributed by atoms with Crippen molar-refractivity contribution in [2.45, 2.75) is 58.8 Å². The van der Waals surface area contributed by atoms with Crippen LogP contribution in [0.5, 0.6) is 0 Å². The Labute approximate surface area is 89.2 Å². The van der Waals surface area contributed by atoms with Gasteiger partial charge in [0.25, 0.3) is 0 Å². The van der Waals surface area contributed by atoms with Crippen molar-refractivity contribution in [2.75, 3.05) is 13.2 Å². The molecule has 1 aliphatic rings. The van der Waals surface area contributed by atoms with Crippen LogP contribution in [0, 0.1) is 11.8 Å². The number of rotatable bonds is 6. The fraction of sp³-hybridized carbons (Fsp3) is 1.00. The van der Waals surface area contributed by atoms with Gasteiger partial charge in [0, 0.05) is 13.2 Å². The zero-order chi connectivity index (χ0) is 10.2. The van der Waals surface area contributed by atoms with Gasteiger partial charge in [-0.2, -0.15) is 0 Å². The Morgan fingerprint density at radius 1 is 1.07 bits per heavy atom. The second-order valence-corrected chi connectivity index (χ2v) is 4.88. The summed E-state index contributed by atoms with van der Waals surface area (Å²) in [6.45, 7) is 6.57. The summed E-state index contributed by atoms with van der Waals surface area (Å²) in [7, 11) is 0. The van der Waals surface area contributed by atoms with Gasteiger partial charge in [-0.15, -0.1) is 0 Å². The van der Waals surface area contributed by atoms with E-state index in [0.29, 0.717) is 0 Å². The minimum Gasteiger partial charge on any atom is -0.381 e. The van der Waals surface area contributed by atoms with Crippen LogP contribution in [-0.2, 0) is 4.74 Å². The van der Waals surface area contributed by atoms with Gasteiger partial charge in [0.15, 0.2) is 0 Å². The van der Waals surface area contributed by atoms with E-state index in [2.05, 4.69) is 13.8 Å². The molecule has 0 atom stereocenters. The molecule has 1 nitrogen and oxygen atoms in total. The maximum Gasteiger partial charge on any atom is 0.0468 e. The first-order valence-electron chi connectivity index (χ1n) is 6.40. The van der Waals surface area contributed by atoms with Crippen molar-refractivity contribution in [3.8, 4) is 0 Å². The third-order valence-corrected chi connectivity index (χ3v) is 3.45. The summed E-state index contributed by atoms with van der Waals surface area (Å²) >= 11 is 0. The topological polar surface area (TPSA) is 9.23 Å². The lowest BCUT2D eigenvalue weighted by atomic mass is 9.82. The maximum atomic E-state index is 5.60. The Balaban J connectivity index is 1.91. The average Bonchev–Trinajstić information content (AvgIpc) is 2.21.